The zero-order chi connectivity index (χ0) is 41.8. The lowest BCUT2D eigenvalue weighted by molar-refractivity contribution is 1.06. The molecule has 0 fully saturated rings. The third-order valence-corrected chi connectivity index (χ3v) is 10.7. The van der Waals surface area contributed by atoms with Crippen LogP contribution in [0.3, 0.4) is 0 Å². The maximum Gasteiger partial charge on any atom is 0.164 e. The van der Waals surface area contributed by atoms with E-state index in [4.69, 9.17) is 34.9 Å². The number of hydrogen-bond donors (Lipinski definition) is 0. The van der Waals surface area contributed by atoms with Crippen LogP contribution in [0.4, 0.5) is 0 Å². The molecule has 0 amide bonds. The van der Waals surface area contributed by atoms with Gasteiger partial charge >= 0.3 is 0 Å². The van der Waals surface area contributed by atoms with Crippen LogP contribution in [0.1, 0.15) is 11.4 Å². The molecule has 0 saturated carbocycles. The highest BCUT2D eigenvalue weighted by Gasteiger charge is 2.17. The molecule has 0 aliphatic carbocycles. The minimum absolute atomic E-state index is 0.587. The number of hydrogen-bond acceptors (Lipinski definition) is 7. The Labute approximate surface area is 360 Å². The summed E-state index contributed by atoms with van der Waals surface area (Å²) in [5.74, 6) is 3.17. The quantitative estimate of drug-likeness (QED) is 0.144. The number of aromatic nitrogens is 7. The molecule has 0 aliphatic heterocycles. The fourth-order valence-corrected chi connectivity index (χ4v) is 7.71. The van der Waals surface area contributed by atoms with Crippen molar-refractivity contribution in [1.82, 2.24) is 34.9 Å². The van der Waals surface area contributed by atoms with Gasteiger partial charge in [0.1, 0.15) is 0 Å². The highest BCUT2D eigenvalue weighted by atomic mass is 15.0. The molecule has 7 aromatic carbocycles. The summed E-state index contributed by atoms with van der Waals surface area (Å²) in [6, 6.07) is 68.0. The Morgan fingerprint density at radius 2 is 0.597 bits per heavy atom. The predicted octanol–water partition coefficient (Wildman–Crippen LogP) is 13.1. The molecule has 7 heteroatoms. The van der Waals surface area contributed by atoms with Gasteiger partial charge in [-0.3, -0.25) is 0 Å². The first-order valence-electron chi connectivity index (χ1n) is 20.6. The Hall–Kier alpha value is -8.29. The molecule has 7 nitrogen and oxygen atoms in total. The molecular formula is C55H39N7. The van der Waals surface area contributed by atoms with Gasteiger partial charge in [0, 0.05) is 50.3 Å². The summed E-state index contributed by atoms with van der Waals surface area (Å²) in [6.45, 7) is 4.01. The molecule has 0 N–H and O–H groups in total. The van der Waals surface area contributed by atoms with E-state index in [9.17, 15) is 0 Å². The lowest BCUT2D eigenvalue weighted by atomic mass is 9.90. The minimum atomic E-state index is 0.587. The number of rotatable bonds is 9. The molecule has 0 atom stereocenters. The van der Waals surface area contributed by atoms with Crippen molar-refractivity contribution in [1.29, 1.82) is 0 Å². The van der Waals surface area contributed by atoms with Gasteiger partial charge in [-0.2, -0.15) is 0 Å². The van der Waals surface area contributed by atoms with Crippen molar-refractivity contribution in [3.05, 3.63) is 212 Å². The van der Waals surface area contributed by atoms with E-state index < -0.39 is 0 Å². The molecule has 10 rings (SSSR count). The molecule has 10 aromatic rings. The van der Waals surface area contributed by atoms with Gasteiger partial charge in [0.25, 0.3) is 0 Å². The van der Waals surface area contributed by atoms with Crippen LogP contribution >= 0.6 is 0 Å². The summed E-state index contributed by atoms with van der Waals surface area (Å²) in [5.41, 5.74) is 14.2. The van der Waals surface area contributed by atoms with Gasteiger partial charge < -0.3 is 0 Å². The second-order valence-corrected chi connectivity index (χ2v) is 15.1. The molecule has 0 spiro atoms. The van der Waals surface area contributed by atoms with Crippen molar-refractivity contribution in [2.45, 2.75) is 13.8 Å². The summed E-state index contributed by atoms with van der Waals surface area (Å²) in [7, 11) is 0. The zero-order valence-electron chi connectivity index (χ0n) is 34.2. The molecule has 0 bridgehead atoms. The Balaban J connectivity index is 1.13. The zero-order valence-corrected chi connectivity index (χ0v) is 34.2. The number of nitrogens with zero attached hydrogens (tertiary/aromatic N) is 7. The molecule has 3 aromatic heterocycles. The van der Waals surface area contributed by atoms with Gasteiger partial charge in [0.15, 0.2) is 29.1 Å². The van der Waals surface area contributed by atoms with Crippen molar-refractivity contribution < 1.29 is 0 Å². The smallest absolute Gasteiger partial charge is 0.164 e. The predicted molar refractivity (Wildman–Crippen MR) is 249 cm³/mol. The van der Waals surface area contributed by atoms with Crippen molar-refractivity contribution in [3.8, 4) is 102 Å². The largest absolute Gasteiger partial charge is 0.233 e. The average molecular weight is 798 g/mol. The van der Waals surface area contributed by atoms with E-state index in [1.54, 1.807) is 0 Å². The first-order chi connectivity index (χ1) is 30.5. The van der Waals surface area contributed by atoms with Gasteiger partial charge in [0.2, 0.25) is 0 Å². The SMILES string of the molecule is Cc1cc(C)nc(-c2ccc(-c3cccc(-c4cc(-c5ccccc5)nc(-c5ccccc5)n4)c3)c(-c3cccc(-c4nc(-c5ccccc5)nc(-c5ccccc5)n4)c3)c2)n1. The van der Waals surface area contributed by atoms with Crippen LogP contribution in [0.15, 0.2) is 200 Å². The van der Waals surface area contributed by atoms with Crippen molar-refractivity contribution in [3.63, 3.8) is 0 Å². The highest BCUT2D eigenvalue weighted by Crippen LogP contribution is 2.39. The minimum Gasteiger partial charge on any atom is -0.233 e. The molecule has 0 radical (unpaired) electrons. The molecule has 0 saturated heterocycles. The lowest BCUT2D eigenvalue weighted by Crippen LogP contribution is -2.00. The first-order valence-corrected chi connectivity index (χ1v) is 20.6. The fourth-order valence-electron chi connectivity index (χ4n) is 7.71. The maximum absolute atomic E-state index is 5.14. The summed E-state index contributed by atoms with van der Waals surface area (Å²) >= 11 is 0. The normalized spacial score (nSPS) is 11.1. The van der Waals surface area contributed by atoms with E-state index in [-0.39, 0.29) is 0 Å². The Kier molecular flexibility index (Phi) is 10.3. The third kappa shape index (κ3) is 8.03. The summed E-state index contributed by atoms with van der Waals surface area (Å²) < 4.78 is 0. The van der Waals surface area contributed by atoms with E-state index in [1.807, 2.05) is 129 Å². The van der Waals surface area contributed by atoms with Crippen LogP contribution in [-0.2, 0) is 0 Å². The second-order valence-electron chi connectivity index (χ2n) is 15.1. The molecule has 62 heavy (non-hydrogen) atoms. The highest BCUT2D eigenvalue weighted by molar-refractivity contribution is 5.89. The van der Waals surface area contributed by atoms with E-state index in [0.29, 0.717) is 29.1 Å². The monoisotopic (exact) mass is 797 g/mol. The molecule has 294 valence electrons. The van der Waals surface area contributed by atoms with E-state index in [1.165, 1.54) is 0 Å². The van der Waals surface area contributed by atoms with Crippen LogP contribution in [0.2, 0.25) is 0 Å². The van der Waals surface area contributed by atoms with Crippen molar-refractivity contribution in [2.24, 2.45) is 0 Å². The van der Waals surface area contributed by atoms with Gasteiger partial charge in [-0.15, -0.1) is 0 Å². The average Bonchev–Trinajstić information content (AvgIpc) is 3.34. The Morgan fingerprint density at radius 1 is 0.226 bits per heavy atom. The summed E-state index contributed by atoms with van der Waals surface area (Å²) in [6.07, 6.45) is 0. The van der Waals surface area contributed by atoms with Crippen molar-refractivity contribution in [2.75, 3.05) is 0 Å². The van der Waals surface area contributed by atoms with Gasteiger partial charge in [0.05, 0.1) is 11.4 Å². The Bertz CT molecular complexity index is 3060. The van der Waals surface area contributed by atoms with Crippen LogP contribution < -0.4 is 0 Å². The van der Waals surface area contributed by atoms with Crippen LogP contribution in [0.25, 0.3) is 102 Å². The number of benzene rings is 7. The van der Waals surface area contributed by atoms with Gasteiger partial charge in [-0.1, -0.05) is 170 Å². The molecule has 0 unspecified atom stereocenters. The standard InChI is InChI=1S/C55H39N7/c1-36-31-37(2)57-54(56-36)46-29-30-47(42-25-15-27-44(32-42)50-35-49(38-17-7-3-8-18-38)58-51(59-50)39-19-9-4-10-20-39)48(34-46)43-26-16-28-45(33-43)55-61-52(40-21-11-5-12-22-40)60-53(62-55)41-23-13-6-14-24-41/h3-35H,1-2H3. The van der Waals surface area contributed by atoms with Crippen LogP contribution in [-0.4, -0.2) is 34.9 Å². The topological polar surface area (TPSA) is 90.2 Å². The molecule has 3 heterocycles. The summed E-state index contributed by atoms with van der Waals surface area (Å²) in [4.78, 5) is 34.9. The molecule has 0 aliphatic rings. The lowest BCUT2D eigenvalue weighted by Gasteiger charge is -2.15. The van der Waals surface area contributed by atoms with E-state index in [2.05, 4.69) is 84.9 Å². The van der Waals surface area contributed by atoms with E-state index in [0.717, 1.165) is 84.0 Å². The third-order valence-electron chi connectivity index (χ3n) is 10.7. The number of aryl methyl sites for hydroxylation is 2. The fraction of sp³-hybridized carbons (Fsp3) is 0.0364. The summed E-state index contributed by atoms with van der Waals surface area (Å²) in [5, 5.41) is 0. The maximum atomic E-state index is 5.14. The van der Waals surface area contributed by atoms with Crippen molar-refractivity contribution >= 4 is 0 Å². The van der Waals surface area contributed by atoms with E-state index >= 15 is 0 Å². The van der Waals surface area contributed by atoms with Crippen LogP contribution in [0, 0.1) is 13.8 Å². The second kappa shape index (κ2) is 16.8. The molecular weight excluding hydrogens is 759 g/mol. The Morgan fingerprint density at radius 3 is 1.15 bits per heavy atom. The van der Waals surface area contributed by atoms with Gasteiger partial charge in [-0.25, -0.2) is 34.9 Å². The van der Waals surface area contributed by atoms with Crippen LogP contribution in [0.5, 0.6) is 0 Å². The first kappa shape index (κ1) is 37.9. The van der Waals surface area contributed by atoms with Gasteiger partial charge in [-0.05, 0) is 66.4 Å².